The predicted molar refractivity (Wildman–Crippen MR) is 88.2 cm³/mol. The van der Waals surface area contributed by atoms with Gasteiger partial charge in [-0.2, -0.15) is 13.2 Å². The molecular weight excluding hydrogens is 348 g/mol. The van der Waals surface area contributed by atoms with Crippen molar-refractivity contribution in [2.75, 3.05) is 0 Å². The number of aryl methyl sites for hydroxylation is 1. The number of aromatic hydroxyl groups is 1. The third kappa shape index (κ3) is 2.33. The van der Waals surface area contributed by atoms with Crippen molar-refractivity contribution in [3.05, 3.63) is 71.3 Å². The number of ether oxygens (including phenoxy) is 1. The molecule has 0 saturated heterocycles. The summed E-state index contributed by atoms with van der Waals surface area (Å²) in [6.45, 7) is 1.86. The molecule has 0 amide bonds. The van der Waals surface area contributed by atoms with Crippen molar-refractivity contribution in [3.63, 3.8) is 0 Å². The SMILES string of the molecule is Cc1ccc(-c2ccc3c(c2F)C(F)(F)Oc2c-3ccc(O)c2F)cc1. The van der Waals surface area contributed by atoms with Crippen LogP contribution >= 0.6 is 0 Å². The Morgan fingerprint density at radius 1 is 0.808 bits per heavy atom. The number of fused-ring (bicyclic) bond motifs is 3. The molecule has 6 heteroatoms. The maximum atomic E-state index is 15.0. The second-order valence-corrected chi connectivity index (χ2v) is 6.11. The molecule has 0 radical (unpaired) electrons. The number of alkyl halides is 2. The van der Waals surface area contributed by atoms with Crippen molar-refractivity contribution in [2.24, 2.45) is 0 Å². The highest BCUT2D eigenvalue weighted by molar-refractivity contribution is 5.80. The van der Waals surface area contributed by atoms with E-state index in [0.29, 0.717) is 5.56 Å². The highest BCUT2D eigenvalue weighted by Crippen LogP contribution is 2.51. The van der Waals surface area contributed by atoms with E-state index >= 15 is 4.39 Å². The van der Waals surface area contributed by atoms with E-state index in [1.807, 2.05) is 6.92 Å². The van der Waals surface area contributed by atoms with Gasteiger partial charge in [0.05, 0.1) is 0 Å². The van der Waals surface area contributed by atoms with Crippen LogP contribution in [-0.4, -0.2) is 5.11 Å². The second kappa shape index (κ2) is 5.49. The van der Waals surface area contributed by atoms with Crippen LogP contribution in [0.15, 0.2) is 48.5 Å². The molecule has 0 aliphatic carbocycles. The van der Waals surface area contributed by atoms with Gasteiger partial charge in [0.25, 0.3) is 0 Å². The van der Waals surface area contributed by atoms with E-state index in [4.69, 9.17) is 0 Å². The Labute approximate surface area is 146 Å². The van der Waals surface area contributed by atoms with Gasteiger partial charge in [-0.1, -0.05) is 42.0 Å². The van der Waals surface area contributed by atoms with Gasteiger partial charge in [0, 0.05) is 16.7 Å². The summed E-state index contributed by atoms with van der Waals surface area (Å²) in [7, 11) is 0. The Balaban J connectivity index is 1.98. The number of hydrogen-bond donors (Lipinski definition) is 1. The molecule has 0 aromatic heterocycles. The molecule has 3 aromatic rings. The maximum Gasteiger partial charge on any atom is 0.430 e. The molecule has 1 aliphatic rings. The number of hydrogen-bond acceptors (Lipinski definition) is 2. The van der Waals surface area contributed by atoms with Gasteiger partial charge >= 0.3 is 6.11 Å². The monoisotopic (exact) mass is 360 g/mol. The average Bonchev–Trinajstić information content (AvgIpc) is 2.59. The van der Waals surface area contributed by atoms with Gasteiger partial charge in [0.2, 0.25) is 5.82 Å². The van der Waals surface area contributed by atoms with Crippen LogP contribution in [-0.2, 0) is 6.11 Å². The molecule has 132 valence electrons. The van der Waals surface area contributed by atoms with E-state index < -0.39 is 34.8 Å². The van der Waals surface area contributed by atoms with Crippen LogP contribution in [0.25, 0.3) is 22.3 Å². The molecule has 2 nitrogen and oxygen atoms in total. The van der Waals surface area contributed by atoms with Crippen LogP contribution in [0.3, 0.4) is 0 Å². The highest BCUT2D eigenvalue weighted by atomic mass is 19.3. The average molecular weight is 360 g/mol. The zero-order valence-electron chi connectivity index (χ0n) is 13.5. The number of rotatable bonds is 1. The molecule has 0 unspecified atom stereocenters. The molecule has 0 spiro atoms. The van der Waals surface area contributed by atoms with E-state index in [0.717, 1.165) is 11.6 Å². The van der Waals surface area contributed by atoms with Crippen molar-refractivity contribution in [1.29, 1.82) is 0 Å². The van der Waals surface area contributed by atoms with Crippen LogP contribution in [0.5, 0.6) is 11.5 Å². The predicted octanol–water partition coefficient (Wildman–Crippen LogP) is 5.75. The standard InChI is InChI=1S/C20H12F4O2/c1-10-2-4-11(5-3-10)12-6-7-13-14-8-9-15(25)18(22)19(14)26-20(23,24)16(13)17(12)21/h2-9,25H,1H3. The summed E-state index contributed by atoms with van der Waals surface area (Å²) < 4.78 is 62.4. The third-order valence-corrected chi connectivity index (χ3v) is 4.39. The molecule has 0 atom stereocenters. The van der Waals surface area contributed by atoms with Crippen LogP contribution in [0.4, 0.5) is 17.6 Å². The normalized spacial score (nSPS) is 14.3. The van der Waals surface area contributed by atoms with E-state index in [9.17, 15) is 18.3 Å². The number of benzene rings is 3. The highest BCUT2D eigenvalue weighted by Gasteiger charge is 2.46. The van der Waals surface area contributed by atoms with E-state index in [1.54, 1.807) is 24.3 Å². The fourth-order valence-electron chi connectivity index (χ4n) is 3.08. The topological polar surface area (TPSA) is 29.5 Å². The van der Waals surface area contributed by atoms with Gasteiger partial charge in [-0.25, -0.2) is 4.39 Å². The Kier molecular flexibility index (Phi) is 3.47. The van der Waals surface area contributed by atoms with Crippen LogP contribution in [0.2, 0.25) is 0 Å². The fourth-order valence-corrected chi connectivity index (χ4v) is 3.08. The molecule has 1 N–H and O–H groups in total. The zero-order valence-corrected chi connectivity index (χ0v) is 13.5. The first-order chi connectivity index (χ1) is 12.3. The molecule has 0 saturated carbocycles. The minimum absolute atomic E-state index is 0.00488. The lowest BCUT2D eigenvalue weighted by Crippen LogP contribution is -2.28. The lowest BCUT2D eigenvalue weighted by Gasteiger charge is -2.29. The van der Waals surface area contributed by atoms with Gasteiger partial charge in [-0.05, 0) is 24.6 Å². The van der Waals surface area contributed by atoms with Crippen LogP contribution in [0, 0.1) is 18.6 Å². The zero-order chi connectivity index (χ0) is 18.6. The van der Waals surface area contributed by atoms with E-state index in [1.165, 1.54) is 18.2 Å². The number of halogens is 4. The molecule has 26 heavy (non-hydrogen) atoms. The first-order valence-corrected chi connectivity index (χ1v) is 7.78. The molecule has 1 aliphatic heterocycles. The molecule has 0 bridgehead atoms. The summed E-state index contributed by atoms with van der Waals surface area (Å²) in [5.41, 5.74) is 0.210. The van der Waals surface area contributed by atoms with Gasteiger partial charge < -0.3 is 9.84 Å². The van der Waals surface area contributed by atoms with Crippen molar-refractivity contribution < 1.29 is 27.4 Å². The van der Waals surface area contributed by atoms with Crippen molar-refractivity contribution in [2.45, 2.75) is 13.0 Å². The van der Waals surface area contributed by atoms with Crippen molar-refractivity contribution in [1.82, 2.24) is 0 Å². The van der Waals surface area contributed by atoms with Crippen LogP contribution in [0.1, 0.15) is 11.1 Å². The summed E-state index contributed by atoms with van der Waals surface area (Å²) >= 11 is 0. The molecule has 3 aromatic carbocycles. The first kappa shape index (κ1) is 16.4. The fraction of sp³-hybridized carbons (Fsp3) is 0.100. The van der Waals surface area contributed by atoms with Crippen molar-refractivity contribution >= 4 is 0 Å². The minimum Gasteiger partial charge on any atom is -0.505 e. The summed E-state index contributed by atoms with van der Waals surface area (Å²) in [6, 6.07) is 11.7. The summed E-state index contributed by atoms with van der Waals surface area (Å²) in [4.78, 5) is 0. The summed E-state index contributed by atoms with van der Waals surface area (Å²) in [6.07, 6.45) is -4.08. The van der Waals surface area contributed by atoms with Crippen molar-refractivity contribution in [3.8, 4) is 33.8 Å². The van der Waals surface area contributed by atoms with Gasteiger partial charge in [-0.3, -0.25) is 0 Å². The smallest absolute Gasteiger partial charge is 0.430 e. The molecule has 1 heterocycles. The van der Waals surface area contributed by atoms with Gasteiger partial charge in [-0.15, -0.1) is 0 Å². The summed E-state index contributed by atoms with van der Waals surface area (Å²) in [5.74, 6) is -4.06. The molecule has 0 fully saturated rings. The first-order valence-electron chi connectivity index (χ1n) is 7.78. The van der Waals surface area contributed by atoms with E-state index in [2.05, 4.69) is 4.74 Å². The Morgan fingerprint density at radius 2 is 1.42 bits per heavy atom. The van der Waals surface area contributed by atoms with Crippen LogP contribution < -0.4 is 4.74 Å². The molecule has 4 rings (SSSR count). The lowest BCUT2D eigenvalue weighted by molar-refractivity contribution is -0.190. The number of phenolic OH excluding ortho intramolecular Hbond substituents is 1. The Hall–Kier alpha value is -3.02. The third-order valence-electron chi connectivity index (χ3n) is 4.39. The van der Waals surface area contributed by atoms with Gasteiger partial charge in [0.1, 0.15) is 11.4 Å². The van der Waals surface area contributed by atoms with E-state index in [-0.39, 0.29) is 16.7 Å². The maximum absolute atomic E-state index is 15.0. The Bertz CT molecular complexity index is 1030. The minimum atomic E-state index is -4.08. The quantitative estimate of drug-likeness (QED) is 0.560. The number of phenols is 1. The largest absolute Gasteiger partial charge is 0.505 e. The Morgan fingerprint density at radius 3 is 2.12 bits per heavy atom. The lowest BCUT2D eigenvalue weighted by atomic mass is 9.91. The molecular formula is C20H12F4O2. The second-order valence-electron chi connectivity index (χ2n) is 6.11. The van der Waals surface area contributed by atoms with Gasteiger partial charge in [0.15, 0.2) is 11.5 Å². The summed E-state index contributed by atoms with van der Waals surface area (Å²) in [5, 5.41) is 9.39.